The molecule has 0 aliphatic rings. The van der Waals surface area contributed by atoms with E-state index in [9.17, 15) is 19.5 Å². The molecule has 0 saturated heterocycles. The molecule has 0 radical (unpaired) electrons. The molecule has 0 aliphatic heterocycles. The summed E-state index contributed by atoms with van der Waals surface area (Å²) in [5.41, 5.74) is -0.164. The van der Waals surface area contributed by atoms with Gasteiger partial charge in [0.25, 0.3) is 5.91 Å². The lowest BCUT2D eigenvalue weighted by molar-refractivity contribution is -0.135. The molecule has 0 spiro atoms. The maximum Gasteiger partial charge on any atom is 0.353 e. The number of hydrogen-bond acceptors (Lipinski definition) is 5. The molecule has 0 fully saturated rings. The molecule has 1 aromatic heterocycles. The van der Waals surface area contributed by atoms with Crippen molar-refractivity contribution < 1.29 is 24.2 Å². The Morgan fingerprint density at radius 2 is 1.76 bits per heavy atom. The number of aromatic hydroxyl groups is 1. The molecule has 0 bridgehead atoms. The van der Waals surface area contributed by atoms with Crippen molar-refractivity contribution in [1.82, 2.24) is 5.32 Å². The first-order valence-electron chi connectivity index (χ1n) is 7.33. The van der Waals surface area contributed by atoms with Crippen LogP contribution in [0.5, 0.6) is 5.75 Å². The zero-order valence-electron chi connectivity index (χ0n) is 12.9. The van der Waals surface area contributed by atoms with Crippen molar-refractivity contribution in [2.45, 2.75) is 0 Å². The number of carboxylic acids is 1. The van der Waals surface area contributed by atoms with E-state index in [1.165, 1.54) is 6.07 Å². The quantitative estimate of drug-likeness (QED) is 0.626. The molecule has 0 unspecified atom stereocenters. The van der Waals surface area contributed by atoms with E-state index in [-0.39, 0.29) is 11.0 Å². The third-order valence-electron chi connectivity index (χ3n) is 3.62. The normalized spacial score (nSPS) is 10.6. The van der Waals surface area contributed by atoms with Gasteiger partial charge in [-0.05, 0) is 11.6 Å². The summed E-state index contributed by atoms with van der Waals surface area (Å²) < 4.78 is 5.26. The number of carbonyl (C=O) groups excluding carboxylic acids is 1. The predicted octanol–water partition coefficient (Wildman–Crippen LogP) is 1.98. The second-order valence-corrected chi connectivity index (χ2v) is 5.24. The van der Waals surface area contributed by atoms with Gasteiger partial charge in [0.1, 0.15) is 17.9 Å². The lowest BCUT2D eigenvalue weighted by Gasteiger charge is -2.09. The first-order chi connectivity index (χ1) is 12.0. The molecule has 0 aliphatic carbocycles. The van der Waals surface area contributed by atoms with Crippen LogP contribution in [0.15, 0.2) is 57.7 Å². The van der Waals surface area contributed by atoms with E-state index in [0.29, 0.717) is 5.56 Å². The molecule has 0 saturated carbocycles. The number of para-hydroxylation sites is 1. The summed E-state index contributed by atoms with van der Waals surface area (Å²) in [5, 5.41) is 21.2. The van der Waals surface area contributed by atoms with E-state index in [1.807, 2.05) is 35.6 Å². The van der Waals surface area contributed by atoms with Crippen molar-refractivity contribution >= 4 is 22.8 Å². The van der Waals surface area contributed by atoms with E-state index in [1.54, 1.807) is 12.1 Å². The fraction of sp³-hybridized carbons (Fsp3) is 0.0556. The van der Waals surface area contributed by atoms with Crippen LogP contribution in [0.4, 0.5) is 0 Å². The second-order valence-electron chi connectivity index (χ2n) is 5.24. The first kappa shape index (κ1) is 16.3. The number of carbonyl (C=O) groups is 2. The van der Waals surface area contributed by atoms with Crippen LogP contribution in [0, 0.1) is 0 Å². The maximum atomic E-state index is 12.2. The number of nitrogens with one attached hydrogen (secondary N) is 1. The van der Waals surface area contributed by atoms with Gasteiger partial charge in [0, 0.05) is 5.56 Å². The Morgan fingerprint density at radius 1 is 1.04 bits per heavy atom. The van der Waals surface area contributed by atoms with Gasteiger partial charge >= 0.3 is 11.6 Å². The van der Waals surface area contributed by atoms with Gasteiger partial charge in [0.15, 0.2) is 5.56 Å². The van der Waals surface area contributed by atoms with Gasteiger partial charge in [-0.2, -0.15) is 0 Å². The van der Waals surface area contributed by atoms with Gasteiger partial charge in [0.2, 0.25) is 0 Å². The van der Waals surface area contributed by atoms with E-state index < -0.39 is 35.4 Å². The Hall–Kier alpha value is -3.61. The fourth-order valence-corrected chi connectivity index (χ4v) is 2.50. The molecule has 3 N–H and O–H groups in total. The summed E-state index contributed by atoms with van der Waals surface area (Å²) in [5.74, 6) is -2.84. The van der Waals surface area contributed by atoms with Gasteiger partial charge in [0.05, 0.1) is 5.39 Å². The standard InChI is InChI=1S/C18H13NO6/c20-13(21)9-19-17(23)14-15(22)12-8-4-7-11(16(12)25-18(14)24)10-5-2-1-3-6-10/h1-8,22H,9H2,(H,19,23)(H,20,21). The predicted molar refractivity (Wildman–Crippen MR) is 89.6 cm³/mol. The van der Waals surface area contributed by atoms with Crippen LogP contribution >= 0.6 is 0 Å². The molecule has 25 heavy (non-hydrogen) atoms. The average Bonchev–Trinajstić information content (AvgIpc) is 2.60. The Kier molecular flexibility index (Phi) is 4.21. The third-order valence-corrected chi connectivity index (χ3v) is 3.62. The zero-order chi connectivity index (χ0) is 18.0. The van der Waals surface area contributed by atoms with Crippen LogP contribution in [-0.4, -0.2) is 28.6 Å². The van der Waals surface area contributed by atoms with Gasteiger partial charge in [-0.25, -0.2) is 4.79 Å². The summed E-state index contributed by atoms with van der Waals surface area (Å²) in [4.78, 5) is 34.7. The van der Waals surface area contributed by atoms with Crippen LogP contribution in [0.1, 0.15) is 10.4 Å². The average molecular weight is 339 g/mol. The highest BCUT2D eigenvalue weighted by Gasteiger charge is 2.22. The van der Waals surface area contributed by atoms with Gasteiger partial charge in [-0.1, -0.05) is 42.5 Å². The van der Waals surface area contributed by atoms with Crippen molar-refractivity contribution in [2.75, 3.05) is 6.54 Å². The smallest absolute Gasteiger partial charge is 0.353 e. The molecule has 7 nitrogen and oxygen atoms in total. The minimum absolute atomic E-state index is 0.144. The van der Waals surface area contributed by atoms with Crippen molar-refractivity contribution in [1.29, 1.82) is 0 Å². The Balaban J connectivity index is 2.17. The molecule has 3 aromatic rings. The Morgan fingerprint density at radius 3 is 2.44 bits per heavy atom. The Bertz CT molecular complexity index is 1020. The molecule has 1 heterocycles. The molecular weight excluding hydrogens is 326 g/mol. The summed E-state index contributed by atoms with van der Waals surface area (Å²) in [6.45, 7) is -0.681. The van der Waals surface area contributed by atoms with Crippen molar-refractivity contribution in [2.24, 2.45) is 0 Å². The third kappa shape index (κ3) is 3.07. The van der Waals surface area contributed by atoms with E-state index >= 15 is 0 Å². The van der Waals surface area contributed by atoms with Crippen LogP contribution in [-0.2, 0) is 4.79 Å². The molecule has 3 rings (SSSR count). The number of fused-ring (bicyclic) bond motifs is 1. The van der Waals surface area contributed by atoms with E-state index in [0.717, 1.165) is 5.56 Å². The molecule has 7 heteroatoms. The van der Waals surface area contributed by atoms with Gasteiger partial charge in [-0.15, -0.1) is 0 Å². The van der Waals surface area contributed by atoms with Crippen molar-refractivity contribution in [3.63, 3.8) is 0 Å². The monoisotopic (exact) mass is 339 g/mol. The minimum atomic E-state index is -1.27. The topological polar surface area (TPSA) is 117 Å². The lowest BCUT2D eigenvalue weighted by Crippen LogP contribution is -2.32. The zero-order valence-corrected chi connectivity index (χ0v) is 12.9. The van der Waals surface area contributed by atoms with Crippen LogP contribution < -0.4 is 10.9 Å². The highest BCUT2D eigenvalue weighted by molar-refractivity contribution is 6.04. The number of amides is 1. The fourth-order valence-electron chi connectivity index (χ4n) is 2.50. The summed E-state index contributed by atoms with van der Waals surface area (Å²) >= 11 is 0. The van der Waals surface area contributed by atoms with Crippen LogP contribution in [0.2, 0.25) is 0 Å². The molecule has 0 atom stereocenters. The Labute approximate surface area is 141 Å². The van der Waals surface area contributed by atoms with Crippen LogP contribution in [0.25, 0.3) is 22.1 Å². The van der Waals surface area contributed by atoms with Gasteiger partial charge < -0.3 is 19.9 Å². The number of aliphatic carboxylic acids is 1. The first-order valence-corrected chi connectivity index (χ1v) is 7.33. The second kappa shape index (κ2) is 6.48. The highest BCUT2D eigenvalue weighted by Crippen LogP contribution is 2.33. The number of rotatable bonds is 4. The maximum absolute atomic E-state index is 12.2. The summed E-state index contributed by atoms with van der Waals surface area (Å²) in [7, 11) is 0. The SMILES string of the molecule is O=C(O)CNC(=O)c1c(O)c2cccc(-c3ccccc3)c2oc1=O. The minimum Gasteiger partial charge on any atom is -0.506 e. The molecular formula is C18H13NO6. The van der Waals surface area contributed by atoms with Crippen molar-refractivity contribution in [3.8, 4) is 16.9 Å². The number of benzene rings is 2. The largest absolute Gasteiger partial charge is 0.506 e. The number of carboxylic acid groups (broad SMARTS) is 1. The van der Waals surface area contributed by atoms with Crippen molar-refractivity contribution in [3.05, 3.63) is 64.5 Å². The molecule has 2 aromatic carbocycles. The van der Waals surface area contributed by atoms with E-state index in [4.69, 9.17) is 9.52 Å². The van der Waals surface area contributed by atoms with Gasteiger partial charge in [-0.3, -0.25) is 9.59 Å². The van der Waals surface area contributed by atoms with E-state index in [2.05, 4.69) is 0 Å². The number of hydrogen-bond donors (Lipinski definition) is 3. The molecule has 1 amide bonds. The highest BCUT2D eigenvalue weighted by atomic mass is 16.4. The molecule has 126 valence electrons. The lowest BCUT2D eigenvalue weighted by atomic mass is 10.0. The summed E-state index contributed by atoms with van der Waals surface area (Å²) in [6, 6.07) is 14.0. The van der Waals surface area contributed by atoms with Crippen LogP contribution in [0.3, 0.4) is 0 Å². The summed E-state index contributed by atoms with van der Waals surface area (Å²) in [6.07, 6.45) is 0.